The number of halogens is 1. The molecule has 0 fully saturated rings. The number of carbonyl (C=O) groups excluding carboxylic acids is 1. The van der Waals surface area contributed by atoms with Crippen LogP contribution in [0, 0.1) is 0 Å². The molecule has 0 aromatic heterocycles. The van der Waals surface area contributed by atoms with E-state index in [4.69, 9.17) is 14.2 Å². The van der Waals surface area contributed by atoms with Gasteiger partial charge in [-0.25, -0.2) is 0 Å². The maximum absolute atomic E-state index is 12.2. The van der Waals surface area contributed by atoms with E-state index in [9.17, 15) is 4.79 Å². The van der Waals surface area contributed by atoms with Crippen molar-refractivity contribution in [2.75, 3.05) is 20.8 Å². The van der Waals surface area contributed by atoms with Crippen molar-refractivity contribution in [2.24, 2.45) is 0 Å². The average Bonchev–Trinajstić information content (AvgIpc) is 2.45. The van der Waals surface area contributed by atoms with Gasteiger partial charge in [0.1, 0.15) is 6.10 Å². The normalized spacial score (nSPS) is 12.1. The molecule has 1 rings (SSSR count). The SMILES string of the molecule is CCCC(=O)C(OCC)c1cc(OC)c(OC)cc1Br. The van der Waals surface area contributed by atoms with E-state index in [1.165, 1.54) is 0 Å². The smallest absolute Gasteiger partial charge is 0.166 e. The maximum atomic E-state index is 12.2. The third-order valence-corrected chi connectivity index (χ3v) is 3.59. The van der Waals surface area contributed by atoms with Gasteiger partial charge in [-0.1, -0.05) is 22.9 Å². The summed E-state index contributed by atoms with van der Waals surface area (Å²) in [5.41, 5.74) is 0.767. The Morgan fingerprint density at radius 3 is 2.30 bits per heavy atom. The molecular weight excluding hydrogens is 324 g/mol. The molecule has 20 heavy (non-hydrogen) atoms. The van der Waals surface area contributed by atoms with Crippen molar-refractivity contribution < 1.29 is 19.0 Å². The summed E-state index contributed by atoms with van der Waals surface area (Å²) < 4.78 is 16.9. The van der Waals surface area contributed by atoms with Gasteiger partial charge < -0.3 is 14.2 Å². The van der Waals surface area contributed by atoms with Crippen molar-refractivity contribution >= 4 is 21.7 Å². The van der Waals surface area contributed by atoms with Crippen LogP contribution in [0.1, 0.15) is 38.4 Å². The minimum Gasteiger partial charge on any atom is -0.493 e. The molecule has 1 atom stereocenters. The number of rotatable bonds is 8. The second-order valence-corrected chi connectivity index (χ2v) is 5.13. The van der Waals surface area contributed by atoms with E-state index in [1.807, 2.05) is 13.8 Å². The van der Waals surface area contributed by atoms with Crippen molar-refractivity contribution in [1.82, 2.24) is 0 Å². The lowest BCUT2D eigenvalue weighted by Crippen LogP contribution is -2.16. The van der Waals surface area contributed by atoms with Gasteiger partial charge in [-0.3, -0.25) is 4.79 Å². The van der Waals surface area contributed by atoms with Crippen LogP contribution in [0.5, 0.6) is 11.5 Å². The van der Waals surface area contributed by atoms with Crippen LogP contribution in [0.25, 0.3) is 0 Å². The van der Waals surface area contributed by atoms with Gasteiger partial charge in [-0.05, 0) is 25.5 Å². The van der Waals surface area contributed by atoms with Crippen LogP contribution in [0.3, 0.4) is 0 Å². The lowest BCUT2D eigenvalue weighted by Gasteiger charge is -2.19. The summed E-state index contributed by atoms with van der Waals surface area (Å²) in [6.07, 6.45) is 0.716. The Morgan fingerprint density at radius 1 is 1.20 bits per heavy atom. The Labute approximate surface area is 128 Å². The quantitative estimate of drug-likeness (QED) is 0.717. The molecule has 0 N–H and O–H groups in total. The molecule has 0 bridgehead atoms. The fourth-order valence-corrected chi connectivity index (χ4v) is 2.50. The van der Waals surface area contributed by atoms with E-state index in [2.05, 4.69) is 15.9 Å². The van der Waals surface area contributed by atoms with Gasteiger partial charge in [0, 0.05) is 23.1 Å². The minimum absolute atomic E-state index is 0.0715. The van der Waals surface area contributed by atoms with E-state index in [0.717, 1.165) is 16.5 Å². The van der Waals surface area contributed by atoms with Crippen LogP contribution >= 0.6 is 15.9 Å². The number of ether oxygens (including phenoxy) is 3. The molecule has 0 aliphatic rings. The molecule has 0 saturated carbocycles. The first-order valence-electron chi connectivity index (χ1n) is 6.64. The fraction of sp³-hybridized carbons (Fsp3) is 0.533. The van der Waals surface area contributed by atoms with Gasteiger partial charge in [0.05, 0.1) is 14.2 Å². The lowest BCUT2D eigenvalue weighted by atomic mass is 10.0. The predicted octanol–water partition coefficient (Wildman–Crippen LogP) is 3.91. The first-order valence-corrected chi connectivity index (χ1v) is 7.44. The van der Waals surface area contributed by atoms with Crippen molar-refractivity contribution in [3.05, 3.63) is 22.2 Å². The predicted molar refractivity (Wildman–Crippen MR) is 81.5 cm³/mol. The molecule has 0 radical (unpaired) electrons. The van der Waals surface area contributed by atoms with Crippen molar-refractivity contribution in [3.63, 3.8) is 0 Å². The van der Waals surface area contributed by atoms with Gasteiger partial charge in [-0.15, -0.1) is 0 Å². The Hall–Kier alpha value is -1.07. The van der Waals surface area contributed by atoms with Crippen LogP contribution in [-0.4, -0.2) is 26.6 Å². The Kier molecular flexibility index (Phi) is 7.02. The second kappa shape index (κ2) is 8.27. The monoisotopic (exact) mass is 344 g/mol. The van der Waals surface area contributed by atoms with Gasteiger partial charge in [0.2, 0.25) is 0 Å². The number of hydrogen-bond acceptors (Lipinski definition) is 4. The molecule has 0 aliphatic carbocycles. The molecule has 1 aromatic carbocycles. The summed E-state index contributed by atoms with van der Waals surface area (Å²) in [5.74, 6) is 1.27. The van der Waals surface area contributed by atoms with Crippen molar-refractivity contribution in [2.45, 2.75) is 32.8 Å². The number of ketones is 1. The van der Waals surface area contributed by atoms with Crippen molar-refractivity contribution in [3.8, 4) is 11.5 Å². The zero-order valence-electron chi connectivity index (χ0n) is 12.4. The van der Waals surface area contributed by atoms with E-state index in [0.29, 0.717) is 24.5 Å². The largest absolute Gasteiger partial charge is 0.493 e. The molecule has 0 amide bonds. The van der Waals surface area contributed by atoms with Crippen LogP contribution in [0.4, 0.5) is 0 Å². The Bertz CT molecular complexity index is 459. The van der Waals surface area contributed by atoms with Gasteiger partial charge in [0.15, 0.2) is 17.3 Å². The van der Waals surface area contributed by atoms with Gasteiger partial charge in [-0.2, -0.15) is 0 Å². The third kappa shape index (κ3) is 3.96. The van der Waals surface area contributed by atoms with E-state index >= 15 is 0 Å². The van der Waals surface area contributed by atoms with Crippen LogP contribution in [-0.2, 0) is 9.53 Å². The topological polar surface area (TPSA) is 44.8 Å². The highest BCUT2D eigenvalue weighted by Gasteiger charge is 2.24. The van der Waals surface area contributed by atoms with Gasteiger partial charge in [0.25, 0.3) is 0 Å². The van der Waals surface area contributed by atoms with Crippen molar-refractivity contribution in [1.29, 1.82) is 0 Å². The summed E-state index contributed by atoms with van der Waals surface area (Å²) in [7, 11) is 3.14. The Balaban J connectivity index is 3.22. The summed E-state index contributed by atoms with van der Waals surface area (Å²) in [5, 5.41) is 0. The maximum Gasteiger partial charge on any atom is 0.166 e. The van der Waals surface area contributed by atoms with Gasteiger partial charge >= 0.3 is 0 Å². The minimum atomic E-state index is -0.575. The molecule has 0 saturated heterocycles. The van der Waals surface area contributed by atoms with E-state index in [-0.39, 0.29) is 5.78 Å². The molecule has 4 nitrogen and oxygen atoms in total. The molecular formula is C15H21BrO4. The van der Waals surface area contributed by atoms with E-state index in [1.54, 1.807) is 26.4 Å². The number of carbonyl (C=O) groups is 1. The standard InChI is InChI=1S/C15H21BrO4/c1-5-7-12(17)15(20-6-2)10-8-13(18-3)14(19-4)9-11(10)16/h8-9,15H,5-7H2,1-4H3. The van der Waals surface area contributed by atoms with Crippen LogP contribution < -0.4 is 9.47 Å². The highest BCUT2D eigenvalue weighted by molar-refractivity contribution is 9.10. The second-order valence-electron chi connectivity index (χ2n) is 4.28. The molecule has 1 unspecified atom stereocenters. The highest BCUT2D eigenvalue weighted by atomic mass is 79.9. The molecule has 0 spiro atoms. The van der Waals surface area contributed by atoms with Crippen LogP contribution in [0.15, 0.2) is 16.6 Å². The zero-order chi connectivity index (χ0) is 15.1. The summed E-state index contributed by atoms with van der Waals surface area (Å²) >= 11 is 3.47. The fourth-order valence-electron chi connectivity index (χ4n) is 1.97. The molecule has 0 heterocycles. The summed E-state index contributed by atoms with van der Waals surface area (Å²) in [6.45, 7) is 4.33. The average molecular weight is 345 g/mol. The molecule has 0 aliphatic heterocycles. The molecule has 1 aromatic rings. The van der Waals surface area contributed by atoms with E-state index < -0.39 is 6.10 Å². The first-order chi connectivity index (χ1) is 9.58. The number of Topliss-reactive ketones (excluding diaryl/α,β-unsaturated/α-hetero) is 1. The summed E-state index contributed by atoms with van der Waals surface area (Å²) in [4.78, 5) is 12.2. The molecule has 5 heteroatoms. The number of benzene rings is 1. The lowest BCUT2D eigenvalue weighted by molar-refractivity contribution is -0.130. The molecule has 112 valence electrons. The summed E-state index contributed by atoms with van der Waals surface area (Å²) in [6, 6.07) is 3.58. The third-order valence-electron chi connectivity index (χ3n) is 2.91. The van der Waals surface area contributed by atoms with Crippen LogP contribution in [0.2, 0.25) is 0 Å². The highest BCUT2D eigenvalue weighted by Crippen LogP contribution is 2.37. The number of hydrogen-bond donors (Lipinski definition) is 0. The number of methoxy groups -OCH3 is 2. The zero-order valence-corrected chi connectivity index (χ0v) is 14.0. The first kappa shape index (κ1) is 17.0. The Morgan fingerprint density at radius 2 is 1.80 bits per heavy atom.